The summed E-state index contributed by atoms with van der Waals surface area (Å²) in [6.45, 7) is 5.49. The number of aryl methyl sites for hydroxylation is 1. The van der Waals surface area contributed by atoms with Gasteiger partial charge in [0.2, 0.25) is 5.90 Å². The first-order chi connectivity index (χ1) is 12.7. The zero-order valence-corrected chi connectivity index (χ0v) is 15.7. The molecule has 0 spiro atoms. The van der Waals surface area contributed by atoms with E-state index in [9.17, 15) is 0 Å². The van der Waals surface area contributed by atoms with Crippen LogP contribution >= 0.6 is 0 Å². The standard InChI is InChI=1S/C21H28N2O3/c1-3-4-5-6-7-18-14-20(26-23-18)12-13-24-19-10-8-17(9-11-19)21-22-16(2)15-25-21/h8-11,14,16H,3-7,12-13,15H2,1-2H3/t16-/m0/s1. The highest BCUT2D eigenvalue weighted by Crippen LogP contribution is 2.17. The molecule has 0 unspecified atom stereocenters. The van der Waals surface area contributed by atoms with E-state index in [2.05, 4.69) is 23.1 Å². The first-order valence-corrected chi connectivity index (χ1v) is 9.63. The van der Waals surface area contributed by atoms with E-state index in [1.807, 2.05) is 31.2 Å². The van der Waals surface area contributed by atoms with Crippen LogP contribution in [0, 0.1) is 0 Å². The van der Waals surface area contributed by atoms with Gasteiger partial charge >= 0.3 is 0 Å². The van der Waals surface area contributed by atoms with Crippen LogP contribution in [0.2, 0.25) is 0 Å². The fourth-order valence-electron chi connectivity index (χ4n) is 2.92. The Balaban J connectivity index is 1.41. The Hall–Kier alpha value is -2.30. The van der Waals surface area contributed by atoms with Gasteiger partial charge in [-0.2, -0.15) is 0 Å². The van der Waals surface area contributed by atoms with Gasteiger partial charge in [0.25, 0.3) is 0 Å². The SMILES string of the molecule is CCCCCCc1cc(CCOc2ccc(C3=N[C@@H](C)CO3)cc2)on1. The minimum absolute atomic E-state index is 0.236. The predicted molar refractivity (Wildman–Crippen MR) is 102 cm³/mol. The Bertz CT molecular complexity index is 706. The number of benzene rings is 1. The molecular weight excluding hydrogens is 328 g/mol. The highest BCUT2D eigenvalue weighted by molar-refractivity contribution is 5.95. The van der Waals surface area contributed by atoms with Gasteiger partial charge in [0, 0.05) is 18.1 Å². The highest BCUT2D eigenvalue weighted by Gasteiger charge is 2.15. The summed E-state index contributed by atoms with van der Waals surface area (Å²) < 4.78 is 16.8. The van der Waals surface area contributed by atoms with Crippen molar-refractivity contribution >= 4 is 5.90 Å². The van der Waals surface area contributed by atoms with Crippen molar-refractivity contribution in [3.63, 3.8) is 0 Å². The van der Waals surface area contributed by atoms with Gasteiger partial charge in [-0.05, 0) is 44.0 Å². The molecular formula is C21H28N2O3. The number of rotatable bonds is 10. The van der Waals surface area contributed by atoms with Crippen LogP contribution in [0.1, 0.15) is 56.5 Å². The second-order valence-corrected chi connectivity index (χ2v) is 6.81. The third-order valence-electron chi connectivity index (χ3n) is 4.41. The average molecular weight is 356 g/mol. The zero-order chi connectivity index (χ0) is 18.2. The van der Waals surface area contributed by atoms with E-state index < -0.39 is 0 Å². The van der Waals surface area contributed by atoms with E-state index in [1.165, 1.54) is 25.7 Å². The number of aliphatic imine (C=N–C) groups is 1. The molecule has 0 N–H and O–H groups in total. The molecule has 1 aliphatic rings. The zero-order valence-electron chi connectivity index (χ0n) is 15.7. The number of unbranched alkanes of at least 4 members (excludes halogenated alkanes) is 3. The molecule has 1 atom stereocenters. The molecule has 0 aliphatic carbocycles. The van der Waals surface area contributed by atoms with E-state index >= 15 is 0 Å². The lowest BCUT2D eigenvalue weighted by atomic mass is 10.1. The Morgan fingerprint density at radius 3 is 2.69 bits per heavy atom. The van der Waals surface area contributed by atoms with E-state index in [0.717, 1.165) is 41.5 Å². The summed E-state index contributed by atoms with van der Waals surface area (Å²) in [4.78, 5) is 4.46. The van der Waals surface area contributed by atoms with Crippen molar-refractivity contribution in [3.8, 4) is 5.75 Å². The van der Waals surface area contributed by atoms with Gasteiger partial charge in [-0.1, -0.05) is 31.3 Å². The maximum Gasteiger partial charge on any atom is 0.216 e. The van der Waals surface area contributed by atoms with Crippen LogP contribution in [-0.4, -0.2) is 30.3 Å². The van der Waals surface area contributed by atoms with Crippen LogP contribution < -0.4 is 4.74 Å². The molecule has 5 nitrogen and oxygen atoms in total. The Morgan fingerprint density at radius 1 is 1.12 bits per heavy atom. The van der Waals surface area contributed by atoms with Crippen LogP contribution in [0.3, 0.4) is 0 Å². The fourth-order valence-corrected chi connectivity index (χ4v) is 2.92. The highest BCUT2D eigenvalue weighted by atomic mass is 16.5. The molecule has 0 saturated heterocycles. The normalized spacial score (nSPS) is 16.4. The Kier molecular flexibility index (Phi) is 6.69. The number of ether oxygens (including phenoxy) is 2. The minimum Gasteiger partial charge on any atom is -0.493 e. The molecule has 3 rings (SSSR count). The second kappa shape index (κ2) is 9.41. The van der Waals surface area contributed by atoms with Gasteiger partial charge in [0.15, 0.2) is 0 Å². The lowest BCUT2D eigenvalue weighted by Crippen LogP contribution is -2.03. The molecule has 26 heavy (non-hydrogen) atoms. The number of hydrogen-bond acceptors (Lipinski definition) is 5. The van der Waals surface area contributed by atoms with Gasteiger partial charge in [-0.25, -0.2) is 4.99 Å². The quantitative estimate of drug-likeness (QED) is 0.585. The van der Waals surface area contributed by atoms with Gasteiger partial charge in [0.1, 0.15) is 18.1 Å². The molecule has 0 amide bonds. The van der Waals surface area contributed by atoms with Gasteiger partial charge in [0.05, 0.1) is 18.3 Å². The molecule has 1 aromatic carbocycles. The largest absolute Gasteiger partial charge is 0.493 e. The first-order valence-electron chi connectivity index (χ1n) is 9.63. The van der Waals surface area contributed by atoms with E-state index in [4.69, 9.17) is 14.0 Å². The first kappa shape index (κ1) is 18.5. The fraction of sp³-hybridized carbons (Fsp3) is 0.524. The molecule has 1 aromatic heterocycles. The summed E-state index contributed by atoms with van der Waals surface area (Å²) in [5.41, 5.74) is 2.04. The summed E-state index contributed by atoms with van der Waals surface area (Å²) in [6, 6.07) is 10.1. The maximum atomic E-state index is 5.80. The summed E-state index contributed by atoms with van der Waals surface area (Å²) in [7, 11) is 0. The summed E-state index contributed by atoms with van der Waals surface area (Å²) in [5, 5.41) is 4.14. The van der Waals surface area contributed by atoms with Crippen molar-refractivity contribution in [1.82, 2.24) is 5.16 Å². The van der Waals surface area contributed by atoms with Crippen LogP contribution in [-0.2, 0) is 17.6 Å². The molecule has 0 fully saturated rings. The van der Waals surface area contributed by atoms with Gasteiger partial charge < -0.3 is 14.0 Å². The van der Waals surface area contributed by atoms with Crippen molar-refractivity contribution in [2.24, 2.45) is 4.99 Å². The molecule has 0 bridgehead atoms. The van der Waals surface area contributed by atoms with Crippen LogP contribution in [0.4, 0.5) is 0 Å². The van der Waals surface area contributed by atoms with Crippen molar-refractivity contribution < 1.29 is 14.0 Å². The summed E-state index contributed by atoms with van der Waals surface area (Å²) >= 11 is 0. The average Bonchev–Trinajstić information content (AvgIpc) is 3.29. The predicted octanol–water partition coefficient (Wildman–Crippen LogP) is 4.58. The number of nitrogens with zero attached hydrogens (tertiary/aromatic N) is 2. The number of aromatic nitrogens is 1. The van der Waals surface area contributed by atoms with Crippen molar-refractivity contribution in [2.75, 3.05) is 13.2 Å². The van der Waals surface area contributed by atoms with Crippen LogP contribution in [0.5, 0.6) is 5.75 Å². The maximum absolute atomic E-state index is 5.80. The third kappa shape index (κ3) is 5.35. The minimum atomic E-state index is 0.236. The Labute approximate surface area is 155 Å². The molecule has 0 radical (unpaired) electrons. The smallest absolute Gasteiger partial charge is 0.216 e. The van der Waals surface area contributed by atoms with E-state index in [0.29, 0.717) is 13.2 Å². The van der Waals surface area contributed by atoms with Crippen LogP contribution in [0.15, 0.2) is 39.8 Å². The van der Waals surface area contributed by atoms with E-state index in [1.54, 1.807) is 0 Å². The summed E-state index contributed by atoms with van der Waals surface area (Å²) in [6.07, 6.45) is 6.69. The molecule has 2 heterocycles. The lowest BCUT2D eigenvalue weighted by Gasteiger charge is -2.06. The number of hydrogen-bond donors (Lipinski definition) is 0. The van der Waals surface area contributed by atoms with Crippen molar-refractivity contribution in [2.45, 2.75) is 58.4 Å². The van der Waals surface area contributed by atoms with E-state index in [-0.39, 0.29) is 6.04 Å². The summed E-state index contributed by atoms with van der Waals surface area (Å²) in [5.74, 6) is 2.44. The molecule has 1 aliphatic heterocycles. The van der Waals surface area contributed by atoms with Crippen molar-refractivity contribution in [3.05, 3.63) is 47.3 Å². The van der Waals surface area contributed by atoms with Gasteiger partial charge in [-0.3, -0.25) is 0 Å². The third-order valence-corrected chi connectivity index (χ3v) is 4.41. The molecule has 5 heteroatoms. The van der Waals surface area contributed by atoms with Crippen LogP contribution in [0.25, 0.3) is 0 Å². The molecule has 0 saturated carbocycles. The monoisotopic (exact) mass is 356 g/mol. The molecule has 140 valence electrons. The van der Waals surface area contributed by atoms with Crippen molar-refractivity contribution in [1.29, 1.82) is 0 Å². The second-order valence-electron chi connectivity index (χ2n) is 6.81. The topological polar surface area (TPSA) is 56.9 Å². The Morgan fingerprint density at radius 2 is 1.96 bits per heavy atom. The lowest BCUT2D eigenvalue weighted by molar-refractivity contribution is 0.295. The van der Waals surface area contributed by atoms with Gasteiger partial charge in [-0.15, -0.1) is 0 Å². The molecule has 2 aromatic rings.